The molecule has 3 rings (SSSR count). The van der Waals surface area contributed by atoms with Crippen molar-refractivity contribution in [3.63, 3.8) is 0 Å². The lowest BCUT2D eigenvalue weighted by Crippen LogP contribution is -2.52. The molecule has 0 radical (unpaired) electrons. The number of carbonyl (C=O) groups excluding carboxylic acids is 2. The van der Waals surface area contributed by atoms with Crippen LogP contribution >= 0.6 is 0 Å². The predicted octanol–water partition coefficient (Wildman–Crippen LogP) is 3.00. The third-order valence-electron chi connectivity index (χ3n) is 5.87. The minimum Gasteiger partial charge on any atom is -0.480 e. The molecule has 0 bridgehead atoms. The van der Waals surface area contributed by atoms with Gasteiger partial charge in [0.2, 0.25) is 5.91 Å². The Balaban J connectivity index is 1.83. The number of nitrogens with one attached hydrogen (secondary N) is 1. The number of aliphatic carboxylic acids is 1. The maximum Gasteiger partial charge on any atom is 0.326 e. The molecule has 4 atom stereocenters. The molecule has 2 aliphatic rings. The van der Waals surface area contributed by atoms with Gasteiger partial charge in [-0.2, -0.15) is 0 Å². The minimum atomic E-state index is -1.07. The van der Waals surface area contributed by atoms with Gasteiger partial charge in [0.1, 0.15) is 12.1 Å². The van der Waals surface area contributed by atoms with Gasteiger partial charge in [0.05, 0.1) is 0 Å². The Morgan fingerprint density at radius 1 is 1.21 bits per heavy atom. The Bertz CT molecular complexity index is 746. The minimum absolute atomic E-state index is 0.0519. The molecule has 150 valence electrons. The largest absolute Gasteiger partial charge is 0.480 e. The van der Waals surface area contributed by atoms with Crippen LogP contribution in [0.4, 0.5) is 0 Å². The van der Waals surface area contributed by atoms with Crippen molar-refractivity contribution in [2.24, 2.45) is 5.92 Å². The maximum absolute atomic E-state index is 13.2. The standard InChI is InChI=1S/C22H28N2O4/c1-2-3-12-17(22(27)28)23-20(25)19-14-16-11-7-8-13-18(16)24(19)21(26)15-9-5-4-6-10-15/h2-6,9-10,16-19H,7-8,11-14H2,1H3,(H,23,25)(H,27,28)/b3-2+. The van der Waals surface area contributed by atoms with E-state index in [1.165, 1.54) is 0 Å². The molecule has 1 aliphatic carbocycles. The summed E-state index contributed by atoms with van der Waals surface area (Å²) in [6, 6.07) is 7.46. The number of carbonyl (C=O) groups is 3. The molecule has 2 fully saturated rings. The Labute approximate surface area is 165 Å². The zero-order valence-electron chi connectivity index (χ0n) is 16.2. The molecular formula is C22H28N2O4. The van der Waals surface area contributed by atoms with Crippen LogP contribution in [0.2, 0.25) is 0 Å². The Morgan fingerprint density at radius 2 is 1.93 bits per heavy atom. The summed E-state index contributed by atoms with van der Waals surface area (Å²) < 4.78 is 0. The van der Waals surface area contributed by atoms with E-state index in [0.29, 0.717) is 17.9 Å². The fourth-order valence-corrected chi connectivity index (χ4v) is 4.48. The number of nitrogens with zero attached hydrogens (tertiary/aromatic N) is 1. The van der Waals surface area contributed by atoms with E-state index in [9.17, 15) is 19.5 Å². The first kappa shape index (κ1) is 20.1. The lowest BCUT2D eigenvalue weighted by Gasteiger charge is -2.34. The van der Waals surface area contributed by atoms with Crippen LogP contribution in [0.5, 0.6) is 0 Å². The van der Waals surface area contributed by atoms with E-state index in [1.807, 2.05) is 25.1 Å². The van der Waals surface area contributed by atoms with Crippen molar-refractivity contribution in [1.82, 2.24) is 10.2 Å². The number of carboxylic acid groups (broad SMARTS) is 1. The first-order valence-corrected chi connectivity index (χ1v) is 10.0. The second-order valence-corrected chi connectivity index (χ2v) is 7.65. The first-order valence-electron chi connectivity index (χ1n) is 10.0. The summed E-state index contributed by atoms with van der Waals surface area (Å²) in [5.41, 5.74) is 0.565. The fraction of sp³-hybridized carbons (Fsp3) is 0.500. The van der Waals surface area contributed by atoms with Crippen LogP contribution in [0.15, 0.2) is 42.5 Å². The van der Waals surface area contributed by atoms with Gasteiger partial charge in [0.15, 0.2) is 0 Å². The molecule has 1 aromatic carbocycles. The zero-order valence-corrected chi connectivity index (χ0v) is 16.2. The van der Waals surface area contributed by atoms with Crippen molar-refractivity contribution in [2.45, 2.75) is 63.6 Å². The van der Waals surface area contributed by atoms with Crippen molar-refractivity contribution in [1.29, 1.82) is 0 Å². The summed E-state index contributed by atoms with van der Waals surface area (Å²) in [5.74, 6) is -1.27. The highest BCUT2D eigenvalue weighted by Gasteiger charge is 2.47. The van der Waals surface area contributed by atoms with E-state index in [0.717, 1.165) is 25.7 Å². The van der Waals surface area contributed by atoms with Crippen LogP contribution < -0.4 is 5.32 Å². The quantitative estimate of drug-likeness (QED) is 0.738. The first-order chi connectivity index (χ1) is 13.5. The van der Waals surface area contributed by atoms with Crippen LogP contribution in [-0.4, -0.2) is 45.9 Å². The molecule has 1 saturated carbocycles. The Hall–Kier alpha value is -2.63. The molecule has 1 saturated heterocycles. The SMILES string of the molecule is C/C=C/CC(NC(=O)C1CC2CCCCC2N1C(=O)c1ccccc1)C(=O)O. The summed E-state index contributed by atoms with van der Waals surface area (Å²) in [4.78, 5) is 39.5. The molecule has 2 N–H and O–H groups in total. The van der Waals surface area contributed by atoms with Crippen molar-refractivity contribution in [3.05, 3.63) is 48.0 Å². The van der Waals surface area contributed by atoms with Crippen molar-refractivity contribution < 1.29 is 19.5 Å². The summed E-state index contributed by atoms with van der Waals surface area (Å²) in [5, 5.41) is 12.1. The van der Waals surface area contributed by atoms with Crippen LogP contribution in [-0.2, 0) is 9.59 Å². The number of benzene rings is 1. The molecule has 6 heteroatoms. The monoisotopic (exact) mass is 384 g/mol. The number of amides is 2. The van der Waals surface area contributed by atoms with E-state index < -0.39 is 18.1 Å². The molecule has 0 spiro atoms. The molecule has 28 heavy (non-hydrogen) atoms. The number of likely N-dealkylation sites (tertiary alicyclic amines) is 1. The van der Waals surface area contributed by atoms with Gasteiger partial charge < -0.3 is 15.3 Å². The molecular weight excluding hydrogens is 356 g/mol. The smallest absolute Gasteiger partial charge is 0.326 e. The summed E-state index contributed by atoms with van der Waals surface area (Å²) in [6.07, 6.45) is 8.38. The second kappa shape index (κ2) is 9.04. The van der Waals surface area contributed by atoms with Gasteiger partial charge in [-0.1, -0.05) is 43.2 Å². The van der Waals surface area contributed by atoms with Crippen molar-refractivity contribution >= 4 is 17.8 Å². The summed E-state index contributed by atoms with van der Waals surface area (Å²) >= 11 is 0. The zero-order chi connectivity index (χ0) is 20.1. The Kier molecular flexibility index (Phi) is 6.49. The van der Waals surface area contributed by atoms with Gasteiger partial charge in [-0.05, 0) is 50.7 Å². The number of hydrogen-bond donors (Lipinski definition) is 2. The highest BCUT2D eigenvalue weighted by atomic mass is 16.4. The average molecular weight is 384 g/mol. The number of allylic oxidation sites excluding steroid dienone is 1. The molecule has 1 aliphatic heterocycles. The number of hydrogen-bond acceptors (Lipinski definition) is 3. The topological polar surface area (TPSA) is 86.7 Å². The lowest BCUT2D eigenvalue weighted by atomic mass is 9.84. The van der Waals surface area contributed by atoms with Crippen LogP contribution in [0, 0.1) is 5.92 Å². The lowest BCUT2D eigenvalue weighted by molar-refractivity contribution is -0.142. The third kappa shape index (κ3) is 4.26. The van der Waals surface area contributed by atoms with E-state index in [4.69, 9.17) is 0 Å². The number of rotatable bonds is 6. The van der Waals surface area contributed by atoms with E-state index >= 15 is 0 Å². The predicted molar refractivity (Wildman–Crippen MR) is 106 cm³/mol. The highest BCUT2D eigenvalue weighted by Crippen LogP contribution is 2.40. The third-order valence-corrected chi connectivity index (χ3v) is 5.87. The number of carboxylic acids is 1. The molecule has 0 aromatic heterocycles. The van der Waals surface area contributed by atoms with Crippen LogP contribution in [0.25, 0.3) is 0 Å². The fourth-order valence-electron chi connectivity index (χ4n) is 4.48. The van der Waals surface area contributed by atoms with E-state index in [1.54, 1.807) is 29.2 Å². The van der Waals surface area contributed by atoms with Crippen LogP contribution in [0.3, 0.4) is 0 Å². The maximum atomic E-state index is 13.2. The van der Waals surface area contributed by atoms with Gasteiger partial charge in [-0.15, -0.1) is 0 Å². The second-order valence-electron chi connectivity index (χ2n) is 7.65. The average Bonchev–Trinajstić information content (AvgIpc) is 3.10. The summed E-state index contributed by atoms with van der Waals surface area (Å²) in [6.45, 7) is 1.81. The Morgan fingerprint density at radius 3 is 2.61 bits per heavy atom. The van der Waals surface area contributed by atoms with Gasteiger partial charge in [-0.3, -0.25) is 9.59 Å². The van der Waals surface area contributed by atoms with Gasteiger partial charge in [-0.25, -0.2) is 4.79 Å². The van der Waals surface area contributed by atoms with Crippen molar-refractivity contribution in [2.75, 3.05) is 0 Å². The van der Waals surface area contributed by atoms with Gasteiger partial charge in [0, 0.05) is 11.6 Å². The van der Waals surface area contributed by atoms with Gasteiger partial charge >= 0.3 is 5.97 Å². The molecule has 1 heterocycles. The number of fused-ring (bicyclic) bond motifs is 1. The molecule has 6 nitrogen and oxygen atoms in total. The normalized spacial score (nSPS) is 25.3. The van der Waals surface area contributed by atoms with E-state index in [2.05, 4.69) is 5.32 Å². The van der Waals surface area contributed by atoms with Gasteiger partial charge in [0.25, 0.3) is 5.91 Å². The molecule has 2 amide bonds. The molecule has 4 unspecified atom stereocenters. The van der Waals surface area contributed by atoms with Crippen LogP contribution in [0.1, 0.15) is 55.8 Å². The highest BCUT2D eigenvalue weighted by molar-refractivity contribution is 5.98. The van der Waals surface area contributed by atoms with Crippen molar-refractivity contribution in [3.8, 4) is 0 Å². The molecule has 1 aromatic rings. The van der Waals surface area contributed by atoms with E-state index in [-0.39, 0.29) is 24.3 Å². The summed E-state index contributed by atoms with van der Waals surface area (Å²) in [7, 11) is 0.